The van der Waals surface area contributed by atoms with Crippen LogP contribution in [-0.2, 0) is 0 Å². The van der Waals surface area contributed by atoms with Gasteiger partial charge in [0, 0.05) is 12.1 Å². The second kappa shape index (κ2) is 5.69. The van der Waals surface area contributed by atoms with Crippen LogP contribution in [0.15, 0.2) is 72.8 Å². The minimum Gasteiger partial charge on any atom is -0.508 e. The van der Waals surface area contributed by atoms with Crippen LogP contribution in [0.25, 0.3) is 22.3 Å². The predicted molar refractivity (Wildman–Crippen MR) is 85.6 cm³/mol. The van der Waals surface area contributed by atoms with E-state index in [1.807, 2.05) is 36.4 Å². The average molecular weight is 291 g/mol. The Kier molecular flexibility index (Phi) is 3.58. The van der Waals surface area contributed by atoms with E-state index in [0.29, 0.717) is 0 Å². The molecule has 22 heavy (non-hydrogen) atoms. The first-order valence-electron chi connectivity index (χ1n) is 6.78. The molecule has 0 aliphatic rings. The summed E-state index contributed by atoms with van der Waals surface area (Å²) in [7, 11) is 0. The Morgan fingerprint density at radius 3 is 1.82 bits per heavy atom. The number of non-ortho nitro benzene ring substituents is 1. The first-order chi connectivity index (χ1) is 10.6. The van der Waals surface area contributed by atoms with E-state index in [1.165, 1.54) is 12.1 Å². The highest BCUT2D eigenvalue weighted by Crippen LogP contribution is 2.31. The molecule has 4 heteroatoms. The summed E-state index contributed by atoms with van der Waals surface area (Å²) in [6.07, 6.45) is 0. The third kappa shape index (κ3) is 2.81. The molecule has 4 nitrogen and oxygen atoms in total. The summed E-state index contributed by atoms with van der Waals surface area (Å²) in [5.41, 5.74) is 3.58. The Balaban J connectivity index is 2.04. The summed E-state index contributed by atoms with van der Waals surface area (Å²) in [4.78, 5) is 10.3. The molecule has 0 saturated carbocycles. The van der Waals surface area contributed by atoms with Gasteiger partial charge in [-0.1, -0.05) is 30.3 Å². The summed E-state index contributed by atoms with van der Waals surface area (Å²) >= 11 is 0. The highest BCUT2D eigenvalue weighted by molar-refractivity contribution is 5.75. The zero-order valence-corrected chi connectivity index (χ0v) is 11.6. The van der Waals surface area contributed by atoms with Crippen LogP contribution in [0.4, 0.5) is 5.69 Å². The van der Waals surface area contributed by atoms with E-state index in [0.717, 1.165) is 22.3 Å². The lowest BCUT2D eigenvalue weighted by molar-refractivity contribution is -0.384. The number of nitro benzene ring substituents is 1. The van der Waals surface area contributed by atoms with Gasteiger partial charge in [-0.3, -0.25) is 10.1 Å². The summed E-state index contributed by atoms with van der Waals surface area (Å²) in [5, 5.41) is 20.7. The molecular formula is C18H13NO3. The van der Waals surface area contributed by atoms with Crippen LogP contribution in [0.2, 0.25) is 0 Å². The Labute approximate surface area is 127 Å². The Hall–Kier alpha value is -3.14. The van der Waals surface area contributed by atoms with Gasteiger partial charge in [0.15, 0.2) is 0 Å². The number of phenolic OH excluding ortho intramolecular Hbond substituents is 1. The fourth-order valence-corrected chi connectivity index (χ4v) is 2.35. The number of phenols is 1. The van der Waals surface area contributed by atoms with E-state index < -0.39 is 4.92 Å². The van der Waals surface area contributed by atoms with Crippen LogP contribution in [0, 0.1) is 10.1 Å². The van der Waals surface area contributed by atoms with Crippen molar-refractivity contribution < 1.29 is 10.0 Å². The minimum absolute atomic E-state index is 0.0483. The molecule has 0 atom stereocenters. The van der Waals surface area contributed by atoms with Crippen molar-refractivity contribution in [3.05, 3.63) is 82.9 Å². The van der Waals surface area contributed by atoms with Gasteiger partial charge in [0.05, 0.1) is 4.92 Å². The van der Waals surface area contributed by atoms with Gasteiger partial charge in [-0.25, -0.2) is 0 Å². The molecule has 3 aromatic carbocycles. The fourth-order valence-electron chi connectivity index (χ4n) is 2.35. The van der Waals surface area contributed by atoms with Gasteiger partial charge in [-0.05, 0) is 52.6 Å². The molecule has 0 spiro atoms. The van der Waals surface area contributed by atoms with Crippen molar-refractivity contribution in [1.82, 2.24) is 0 Å². The maximum absolute atomic E-state index is 10.7. The van der Waals surface area contributed by atoms with Crippen molar-refractivity contribution in [2.75, 3.05) is 0 Å². The molecule has 1 N–H and O–H groups in total. The summed E-state index contributed by atoms with van der Waals surface area (Å²) in [6, 6.07) is 21.3. The molecule has 3 rings (SSSR count). The molecular weight excluding hydrogens is 278 g/mol. The van der Waals surface area contributed by atoms with E-state index in [1.54, 1.807) is 24.3 Å². The first-order valence-corrected chi connectivity index (χ1v) is 6.78. The fraction of sp³-hybridized carbons (Fsp3) is 0. The molecule has 108 valence electrons. The second-order valence-electron chi connectivity index (χ2n) is 4.94. The number of hydrogen-bond donors (Lipinski definition) is 1. The van der Waals surface area contributed by atoms with Gasteiger partial charge in [-0.2, -0.15) is 0 Å². The largest absolute Gasteiger partial charge is 0.508 e. The second-order valence-corrected chi connectivity index (χ2v) is 4.94. The molecule has 3 aromatic rings. The van der Waals surface area contributed by atoms with Crippen LogP contribution in [0.1, 0.15) is 0 Å². The van der Waals surface area contributed by atoms with E-state index >= 15 is 0 Å². The van der Waals surface area contributed by atoms with Crippen LogP contribution >= 0.6 is 0 Å². The van der Waals surface area contributed by atoms with Gasteiger partial charge >= 0.3 is 0 Å². The standard InChI is InChI=1S/C18H13NO3/c20-18-11-15(13-4-2-1-3-5-13)10-16(12-18)14-6-8-17(9-7-14)19(21)22/h1-12,20H. The van der Waals surface area contributed by atoms with Gasteiger partial charge in [0.1, 0.15) is 5.75 Å². The topological polar surface area (TPSA) is 63.4 Å². The lowest BCUT2D eigenvalue weighted by atomic mass is 9.98. The predicted octanol–water partition coefficient (Wildman–Crippen LogP) is 4.63. The first kappa shape index (κ1) is 13.8. The van der Waals surface area contributed by atoms with Gasteiger partial charge < -0.3 is 5.11 Å². The lowest BCUT2D eigenvalue weighted by Gasteiger charge is -2.07. The van der Waals surface area contributed by atoms with Crippen molar-refractivity contribution in [2.45, 2.75) is 0 Å². The zero-order valence-electron chi connectivity index (χ0n) is 11.6. The van der Waals surface area contributed by atoms with Crippen molar-refractivity contribution in [3.8, 4) is 28.0 Å². The van der Waals surface area contributed by atoms with Crippen molar-refractivity contribution in [3.63, 3.8) is 0 Å². The average Bonchev–Trinajstić information content (AvgIpc) is 2.55. The number of rotatable bonds is 3. The Morgan fingerprint density at radius 2 is 1.27 bits per heavy atom. The Bertz CT molecular complexity index is 811. The van der Waals surface area contributed by atoms with Crippen LogP contribution in [-0.4, -0.2) is 10.0 Å². The van der Waals surface area contributed by atoms with Crippen molar-refractivity contribution in [2.24, 2.45) is 0 Å². The van der Waals surface area contributed by atoms with E-state index in [-0.39, 0.29) is 11.4 Å². The number of hydrogen-bond acceptors (Lipinski definition) is 3. The molecule has 0 aliphatic carbocycles. The molecule has 0 heterocycles. The van der Waals surface area contributed by atoms with E-state index in [9.17, 15) is 15.2 Å². The SMILES string of the molecule is O=[N+]([O-])c1ccc(-c2cc(O)cc(-c3ccccc3)c2)cc1. The smallest absolute Gasteiger partial charge is 0.269 e. The van der Waals surface area contributed by atoms with E-state index in [2.05, 4.69) is 0 Å². The minimum atomic E-state index is -0.429. The Morgan fingerprint density at radius 1 is 0.727 bits per heavy atom. The normalized spacial score (nSPS) is 10.4. The molecule has 0 radical (unpaired) electrons. The lowest BCUT2D eigenvalue weighted by Crippen LogP contribution is -1.87. The summed E-state index contributed by atoms with van der Waals surface area (Å²) in [6.45, 7) is 0. The molecule has 0 bridgehead atoms. The quantitative estimate of drug-likeness (QED) is 0.565. The van der Waals surface area contributed by atoms with Crippen molar-refractivity contribution in [1.29, 1.82) is 0 Å². The zero-order chi connectivity index (χ0) is 15.5. The van der Waals surface area contributed by atoms with Gasteiger partial charge in [0.25, 0.3) is 5.69 Å². The highest BCUT2D eigenvalue weighted by atomic mass is 16.6. The molecule has 0 fully saturated rings. The van der Waals surface area contributed by atoms with Gasteiger partial charge in [-0.15, -0.1) is 0 Å². The summed E-state index contributed by atoms with van der Waals surface area (Å²) < 4.78 is 0. The maximum atomic E-state index is 10.7. The summed E-state index contributed by atoms with van der Waals surface area (Å²) in [5.74, 6) is 0.162. The third-order valence-corrected chi connectivity index (χ3v) is 3.44. The van der Waals surface area contributed by atoms with Crippen LogP contribution in [0.3, 0.4) is 0 Å². The number of nitrogens with zero attached hydrogens (tertiary/aromatic N) is 1. The number of nitro groups is 1. The van der Waals surface area contributed by atoms with Crippen molar-refractivity contribution >= 4 is 5.69 Å². The molecule has 0 aliphatic heterocycles. The molecule has 0 unspecified atom stereocenters. The third-order valence-electron chi connectivity index (χ3n) is 3.44. The number of aromatic hydroxyl groups is 1. The van der Waals surface area contributed by atoms with Gasteiger partial charge in [0.2, 0.25) is 0 Å². The molecule has 0 aromatic heterocycles. The number of benzene rings is 3. The van der Waals surface area contributed by atoms with Crippen LogP contribution < -0.4 is 0 Å². The monoisotopic (exact) mass is 291 g/mol. The molecule has 0 saturated heterocycles. The van der Waals surface area contributed by atoms with E-state index in [4.69, 9.17) is 0 Å². The maximum Gasteiger partial charge on any atom is 0.269 e. The highest BCUT2D eigenvalue weighted by Gasteiger charge is 2.08. The molecule has 0 amide bonds. The van der Waals surface area contributed by atoms with Crippen LogP contribution in [0.5, 0.6) is 5.75 Å².